The van der Waals surface area contributed by atoms with Gasteiger partial charge in [-0.3, -0.25) is 0 Å². The molecule has 5 heteroatoms. The van der Waals surface area contributed by atoms with Crippen LogP contribution in [0.5, 0.6) is 0 Å². The van der Waals surface area contributed by atoms with Crippen molar-refractivity contribution in [2.75, 3.05) is 0 Å². The molecule has 13 heavy (non-hydrogen) atoms. The number of alkyl halides is 3. The number of rotatable bonds is 4. The van der Waals surface area contributed by atoms with E-state index in [0.717, 1.165) is 0 Å². The number of aliphatic hydroxyl groups is 1. The average molecular weight is 214 g/mol. The third kappa shape index (κ3) is 2.70. The first-order valence-electron chi connectivity index (χ1n) is 4.58. The highest BCUT2D eigenvalue weighted by Crippen LogP contribution is 2.34. The number of hydrogen-bond acceptors (Lipinski definition) is 1. The molecule has 1 unspecified atom stereocenters. The van der Waals surface area contributed by atoms with E-state index in [2.05, 4.69) is 0 Å². The summed E-state index contributed by atoms with van der Waals surface area (Å²) < 4.78 is 36.9. The summed E-state index contributed by atoms with van der Waals surface area (Å²) in [6, 6.07) is 1.46. The van der Waals surface area contributed by atoms with Crippen molar-refractivity contribution in [3.05, 3.63) is 0 Å². The van der Waals surface area contributed by atoms with Crippen LogP contribution in [0.25, 0.3) is 0 Å². The van der Waals surface area contributed by atoms with Gasteiger partial charge in [0.1, 0.15) is 5.73 Å². The van der Waals surface area contributed by atoms with Crippen molar-refractivity contribution in [1.82, 2.24) is 0 Å². The van der Waals surface area contributed by atoms with Crippen LogP contribution in [0.3, 0.4) is 0 Å². The molecule has 0 aliphatic heterocycles. The summed E-state index contributed by atoms with van der Waals surface area (Å²) in [7, 11) is -2.53. The zero-order valence-electron chi connectivity index (χ0n) is 8.28. The van der Waals surface area contributed by atoms with Gasteiger partial charge in [0.15, 0.2) is 0 Å². The Bertz CT molecular complexity index is 146. The highest BCUT2D eigenvalue weighted by molar-refractivity contribution is 6.81. The topological polar surface area (TPSA) is 20.2 Å². The summed E-state index contributed by atoms with van der Waals surface area (Å²) in [5, 5.41) is 9.23. The van der Waals surface area contributed by atoms with E-state index in [1.165, 1.54) is 0 Å². The fourth-order valence-electron chi connectivity index (χ4n) is 1.68. The second kappa shape index (κ2) is 4.46. The maximum absolute atomic E-state index is 12.3. The summed E-state index contributed by atoms with van der Waals surface area (Å²) in [6.45, 7) is 5.23. The van der Waals surface area contributed by atoms with Crippen molar-refractivity contribution in [2.24, 2.45) is 0 Å². The lowest BCUT2D eigenvalue weighted by atomic mass is 10.7. The zero-order valence-corrected chi connectivity index (χ0v) is 9.28. The lowest BCUT2D eigenvalue weighted by Gasteiger charge is -2.34. The molecule has 0 rings (SSSR count). The van der Waals surface area contributed by atoms with Crippen molar-refractivity contribution in [3.63, 3.8) is 0 Å². The molecule has 1 nitrogen and oxygen atoms in total. The molecule has 0 fully saturated rings. The van der Waals surface area contributed by atoms with E-state index in [1.54, 1.807) is 20.8 Å². The van der Waals surface area contributed by atoms with Gasteiger partial charge in [-0.1, -0.05) is 38.9 Å². The normalized spacial score (nSPS) is 15.9. The van der Waals surface area contributed by atoms with Gasteiger partial charge in [0, 0.05) is 0 Å². The molecule has 0 aliphatic rings. The third-order valence-corrected chi connectivity index (χ3v) is 8.71. The summed E-state index contributed by atoms with van der Waals surface area (Å²) in [6.07, 6.45) is -4.44. The van der Waals surface area contributed by atoms with Gasteiger partial charge in [-0.05, 0) is 0 Å². The van der Waals surface area contributed by atoms with Gasteiger partial charge in [0.2, 0.25) is 0 Å². The SMILES string of the molecule is CC[Si](CC)(CC)C(O)C(F)(F)F. The van der Waals surface area contributed by atoms with E-state index in [4.69, 9.17) is 0 Å². The van der Waals surface area contributed by atoms with Crippen LogP contribution < -0.4 is 0 Å². The monoisotopic (exact) mass is 214 g/mol. The fourth-order valence-corrected chi connectivity index (χ4v) is 5.03. The predicted molar refractivity (Wildman–Crippen MR) is 49.3 cm³/mol. The Balaban J connectivity index is 4.73. The Kier molecular flexibility index (Phi) is 4.45. The minimum atomic E-state index is -4.44. The molecule has 0 aromatic heterocycles. The quantitative estimate of drug-likeness (QED) is 0.713. The molecule has 1 N–H and O–H groups in total. The van der Waals surface area contributed by atoms with Gasteiger partial charge < -0.3 is 5.11 Å². The Hall–Kier alpha value is -0.0331. The van der Waals surface area contributed by atoms with Crippen LogP contribution in [0.2, 0.25) is 18.1 Å². The lowest BCUT2D eigenvalue weighted by Crippen LogP contribution is -2.53. The number of halogens is 3. The molecule has 0 spiro atoms. The van der Waals surface area contributed by atoms with Crippen molar-refractivity contribution in [2.45, 2.75) is 50.8 Å². The molecule has 80 valence electrons. The van der Waals surface area contributed by atoms with Gasteiger partial charge in [-0.25, -0.2) is 0 Å². The van der Waals surface area contributed by atoms with Crippen LogP contribution in [0.1, 0.15) is 20.8 Å². The largest absolute Gasteiger partial charge is 0.411 e. The van der Waals surface area contributed by atoms with Crippen LogP contribution >= 0.6 is 0 Å². The predicted octanol–water partition coefficient (Wildman–Crippen LogP) is 2.96. The lowest BCUT2D eigenvalue weighted by molar-refractivity contribution is -0.180. The summed E-state index contributed by atoms with van der Waals surface area (Å²) >= 11 is 0. The minimum absolute atomic E-state index is 0.487. The molecule has 0 aromatic rings. The van der Waals surface area contributed by atoms with Crippen LogP contribution in [0.15, 0.2) is 0 Å². The molecular weight excluding hydrogens is 197 g/mol. The van der Waals surface area contributed by atoms with E-state index < -0.39 is 20.0 Å². The average Bonchev–Trinajstić information content (AvgIpc) is 2.07. The fraction of sp³-hybridized carbons (Fsp3) is 1.00. The summed E-state index contributed by atoms with van der Waals surface area (Å²) in [5.74, 6) is 0. The molecule has 0 heterocycles. The maximum atomic E-state index is 12.3. The number of aliphatic hydroxyl groups excluding tert-OH is 1. The van der Waals surface area contributed by atoms with Crippen LogP contribution in [-0.4, -0.2) is 25.1 Å². The third-order valence-electron chi connectivity index (χ3n) is 3.00. The molecule has 0 aromatic carbocycles. The zero-order chi connectivity index (χ0) is 10.7. The molecule has 0 saturated heterocycles. The minimum Gasteiger partial charge on any atom is -0.387 e. The molecule has 0 amide bonds. The first-order valence-corrected chi connectivity index (χ1v) is 7.28. The summed E-state index contributed by atoms with van der Waals surface area (Å²) in [4.78, 5) is 0. The van der Waals surface area contributed by atoms with E-state index >= 15 is 0 Å². The van der Waals surface area contributed by atoms with Crippen molar-refractivity contribution >= 4 is 8.07 Å². The molecule has 0 saturated carbocycles. The van der Waals surface area contributed by atoms with E-state index in [0.29, 0.717) is 18.1 Å². The maximum Gasteiger partial charge on any atom is 0.411 e. The Morgan fingerprint density at radius 3 is 1.46 bits per heavy atom. The molecule has 0 bridgehead atoms. The van der Waals surface area contributed by atoms with Crippen molar-refractivity contribution in [1.29, 1.82) is 0 Å². The van der Waals surface area contributed by atoms with E-state index in [-0.39, 0.29) is 0 Å². The van der Waals surface area contributed by atoms with Crippen molar-refractivity contribution in [3.8, 4) is 0 Å². The summed E-state index contributed by atoms with van der Waals surface area (Å²) in [5.41, 5.74) is -2.06. The van der Waals surface area contributed by atoms with Gasteiger partial charge in [0.05, 0.1) is 8.07 Å². The Morgan fingerprint density at radius 2 is 1.38 bits per heavy atom. The molecule has 1 atom stereocenters. The van der Waals surface area contributed by atoms with Gasteiger partial charge in [0.25, 0.3) is 0 Å². The van der Waals surface area contributed by atoms with Crippen molar-refractivity contribution < 1.29 is 18.3 Å². The second-order valence-corrected chi connectivity index (χ2v) is 8.76. The van der Waals surface area contributed by atoms with Crippen LogP contribution in [0, 0.1) is 0 Å². The van der Waals surface area contributed by atoms with Crippen LogP contribution in [-0.2, 0) is 0 Å². The van der Waals surface area contributed by atoms with Gasteiger partial charge >= 0.3 is 6.18 Å². The molecule has 0 aliphatic carbocycles. The second-order valence-electron chi connectivity index (χ2n) is 3.37. The van der Waals surface area contributed by atoms with Crippen LogP contribution in [0.4, 0.5) is 13.2 Å². The van der Waals surface area contributed by atoms with E-state index in [1.807, 2.05) is 0 Å². The van der Waals surface area contributed by atoms with Gasteiger partial charge in [-0.2, -0.15) is 13.2 Å². The number of hydrogen-bond donors (Lipinski definition) is 1. The van der Waals surface area contributed by atoms with Gasteiger partial charge in [-0.15, -0.1) is 0 Å². The standard InChI is InChI=1S/C8H17F3OSi/c1-4-13(5-2,6-3)7(12)8(9,10)11/h7,12H,4-6H2,1-3H3. The highest BCUT2D eigenvalue weighted by Gasteiger charge is 2.51. The Labute approximate surface area is 78.0 Å². The first kappa shape index (κ1) is 13.0. The highest BCUT2D eigenvalue weighted by atomic mass is 28.3. The van der Waals surface area contributed by atoms with E-state index in [9.17, 15) is 18.3 Å². The smallest absolute Gasteiger partial charge is 0.387 e. The molecular formula is C8H17F3OSi. The molecule has 0 radical (unpaired) electrons. The first-order chi connectivity index (χ1) is 5.84. The Morgan fingerprint density at radius 1 is 1.08 bits per heavy atom.